The van der Waals surface area contributed by atoms with Crippen molar-refractivity contribution < 1.29 is 0 Å². The summed E-state index contributed by atoms with van der Waals surface area (Å²) in [5.74, 6) is 0.537. The van der Waals surface area contributed by atoms with Gasteiger partial charge in [0, 0.05) is 38.9 Å². The minimum Gasteiger partial charge on any atom is -0.310 e. The third-order valence-corrected chi connectivity index (χ3v) is 12.9. The Morgan fingerprint density at radius 1 is 0.508 bits per heavy atom. The van der Waals surface area contributed by atoms with E-state index in [1.165, 1.54) is 96.0 Å². The Kier molecular flexibility index (Phi) is 9.10. The molecule has 0 radical (unpaired) electrons. The Hall–Kier alpha value is -6.64. The zero-order valence-corrected chi connectivity index (χ0v) is 34.7. The van der Waals surface area contributed by atoms with Gasteiger partial charge in [-0.05, 0) is 142 Å². The zero-order chi connectivity index (χ0) is 40.3. The predicted molar refractivity (Wildman–Crippen MR) is 252 cm³/mol. The molecular weight excluding hydrogens is 713 g/mol. The van der Waals surface area contributed by atoms with E-state index in [4.69, 9.17) is 0 Å². The fraction of sp³-hybridized carbons (Fsp3) is 0.158. The van der Waals surface area contributed by atoms with Crippen LogP contribution in [0.15, 0.2) is 182 Å². The van der Waals surface area contributed by atoms with E-state index in [1.54, 1.807) is 0 Å². The van der Waals surface area contributed by atoms with Crippen LogP contribution < -0.4 is 4.90 Å². The fourth-order valence-corrected chi connectivity index (χ4v) is 9.65. The van der Waals surface area contributed by atoms with Crippen LogP contribution >= 0.6 is 0 Å². The molecule has 1 atom stereocenters. The van der Waals surface area contributed by atoms with Crippen molar-refractivity contribution in [1.29, 1.82) is 0 Å². The highest BCUT2D eigenvalue weighted by Crippen LogP contribution is 2.52. The van der Waals surface area contributed by atoms with Gasteiger partial charge in [0.2, 0.25) is 0 Å². The molecule has 0 fully saturated rings. The van der Waals surface area contributed by atoms with Gasteiger partial charge in [-0.15, -0.1) is 0 Å². The summed E-state index contributed by atoms with van der Waals surface area (Å²) < 4.78 is 2.49. The normalized spacial score (nSPS) is 13.4. The van der Waals surface area contributed by atoms with Gasteiger partial charge in [0.05, 0.1) is 11.0 Å². The highest BCUT2D eigenvalue weighted by atomic mass is 15.1. The maximum absolute atomic E-state index is 2.49. The van der Waals surface area contributed by atoms with Gasteiger partial charge >= 0.3 is 0 Å². The summed E-state index contributed by atoms with van der Waals surface area (Å²) in [6.45, 7) is 11.6. The average Bonchev–Trinajstić information content (AvgIpc) is 3.71. The van der Waals surface area contributed by atoms with Gasteiger partial charge in [0.1, 0.15) is 0 Å². The molecule has 0 aliphatic heterocycles. The molecule has 10 rings (SSSR count). The fourth-order valence-electron chi connectivity index (χ4n) is 9.65. The molecule has 0 amide bonds. The molecule has 1 aromatic heterocycles. The molecular formula is C57H50N2. The number of aromatic nitrogens is 1. The van der Waals surface area contributed by atoms with Gasteiger partial charge in [-0.25, -0.2) is 0 Å². The minimum atomic E-state index is -0.213. The lowest BCUT2D eigenvalue weighted by atomic mass is 9.82. The second-order valence-electron chi connectivity index (χ2n) is 17.1. The number of hydrogen-bond donors (Lipinski definition) is 0. The van der Waals surface area contributed by atoms with Gasteiger partial charge in [0.15, 0.2) is 0 Å². The van der Waals surface area contributed by atoms with E-state index in [9.17, 15) is 0 Å². The van der Waals surface area contributed by atoms with E-state index < -0.39 is 0 Å². The van der Waals surface area contributed by atoms with Crippen LogP contribution in [0.25, 0.3) is 60.9 Å². The van der Waals surface area contributed by atoms with E-state index >= 15 is 0 Å². The second-order valence-corrected chi connectivity index (χ2v) is 17.1. The van der Waals surface area contributed by atoms with Gasteiger partial charge in [0.25, 0.3) is 0 Å². The molecule has 1 aliphatic rings. The van der Waals surface area contributed by atoms with Crippen molar-refractivity contribution in [2.45, 2.75) is 58.8 Å². The van der Waals surface area contributed by atoms with E-state index in [2.05, 4.69) is 226 Å². The topological polar surface area (TPSA) is 8.17 Å². The summed E-state index contributed by atoms with van der Waals surface area (Å²) in [5, 5.41) is 2.66. The van der Waals surface area contributed by atoms with Gasteiger partial charge in [-0.1, -0.05) is 149 Å². The van der Waals surface area contributed by atoms with Crippen LogP contribution in [0, 0.1) is 6.92 Å². The van der Waals surface area contributed by atoms with Gasteiger partial charge in [-0.3, -0.25) is 0 Å². The molecule has 288 valence electrons. The van der Waals surface area contributed by atoms with Crippen molar-refractivity contribution in [2.75, 3.05) is 4.90 Å². The highest BCUT2D eigenvalue weighted by Gasteiger charge is 2.36. The summed E-state index contributed by atoms with van der Waals surface area (Å²) >= 11 is 0. The monoisotopic (exact) mass is 762 g/mol. The maximum atomic E-state index is 2.49. The molecule has 9 aromatic rings. The lowest BCUT2D eigenvalue weighted by Crippen LogP contribution is -2.17. The molecule has 59 heavy (non-hydrogen) atoms. The summed E-state index contributed by atoms with van der Waals surface area (Å²) in [6, 6.07) is 67.6. The Morgan fingerprint density at radius 3 is 1.61 bits per heavy atom. The van der Waals surface area contributed by atoms with Crippen LogP contribution in [-0.2, 0) is 5.41 Å². The predicted octanol–water partition coefficient (Wildman–Crippen LogP) is 16.1. The van der Waals surface area contributed by atoms with Crippen LogP contribution in [-0.4, -0.2) is 4.57 Å². The first-order chi connectivity index (χ1) is 28.8. The number of rotatable bonds is 9. The zero-order valence-electron chi connectivity index (χ0n) is 34.7. The summed E-state index contributed by atoms with van der Waals surface area (Å²) in [7, 11) is 0. The second kappa shape index (κ2) is 14.6. The van der Waals surface area contributed by atoms with Crippen LogP contribution in [0.2, 0.25) is 0 Å². The Balaban J connectivity index is 1.07. The maximum Gasteiger partial charge on any atom is 0.0541 e. The van der Waals surface area contributed by atoms with Gasteiger partial charge in [-0.2, -0.15) is 0 Å². The van der Waals surface area contributed by atoms with E-state index in [0.717, 1.165) is 17.1 Å². The molecule has 0 saturated heterocycles. The molecule has 1 heterocycles. The van der Waals surface area contributed by atoms with Crippen molar-refractivity contribution >= 4 is 38.9 Å². The molecule has 8 aromatic carbocycles. The van der Waals surface area contributed by atoms with Crippen LogP contribution in [0.1, 0.15) is 68.7 Å². The number of anilines is 3. The number of benzene rings is 8. The van der Waals surface area contributed by atoms with E-state index in [0.29, 0.717) is 5.92 Å². The first kappa shape index (κ1) is 36.7. The largest absolute Gasteiger partial charge is 0.310 e. The molecule has 0 N–H and O–H groups in total. The molecule has 2 heteroatoms. The van der Waals surface area contributed by atoms with Crippen molar-refractivity contribution in [3.05, 3.63) is 204 Å². The molecule has 0 saturated carbocycles. The smallest absolute Gasteiger partial charge is 0.0541 e. The van der Waals surface area contributed by atoms with Crippen molar-refractivity contribution in [3.8, 4) is 39.1 Å². The van der Waals surface area contributed by atoms with Gasteiger partial charge < -0.3 is 9.47 Å². The standard InChI is InChI=1S/C57H50N2/c1-6-13-39(3)44-23-33-56-52(35-44)51-34-38(2)18-32-55(51)59(56)48-29-31-50-49-30-28-47(36-53(49)57(4,5)54(50)37-48)58(45-24-19-42(20-25-45)40-14-9-7-10-15-40)46-26-21-43(22-27-46)41-16-11-8-12-17-41/h7-12,14-37,39H,6,13H2,1-5H3. The van der Waals surface area contributed by atoms with E-state index in [1.807, 2.05) is 0 Å². The summed E-state index contributed by atoms with van der Waals surface area (Å²) in [4.78, 5) is 2.41. The van der Waals surface area contributed by atoms with Crippen molar-refractivity contribution in [1.82, 2.24) is 4.57 Å². The lowest BCUT2D eigenvalue weighted by Gasteiger charge is -2.28. The Labute approximate surface area is 349 Å². The number of fused-ring (bicyclic) bond motifs is 6. The summed E-state index contributed by atoms with van der Waals surface area (Å²) in [6.07, 6.45) is 2.39. The summed E-state index contributed by atoms with van der Waals surface area (Å²) in [5.41, 5.74) is 19.8. The highest BCUT2D eigenvalue weighted by molar-refractivity contribution is 6.10. The van der Waals surface area contributed by atoms with Crippen molar-refractivity contribution in [3.63, 3.8) is 0 Å². The third-order valence-electron chi connectivity index (χ3n) is 12.9. The molecule has 1 aliphatic carbocycles. The first-order valence-corrected chi connectivity index (χ1v) is 21.2. The molecule has 0 spiro atoms. The Morgan fingerprint density at radius 2 is 1.02 bits per heavy atom. The number of aryl methyl sites for hydroxylation is 1. The van der Waals surface area contributed by atoms with Crippen molar-refractivity contribution in [2.24, 2.45) is 0 Å². The molecule has 2 nitrogen and oxygen atoms in total. The molecule has 1 unspecified atom stereocenters. The first-order valence-electron chi connectivity index (χ1n) is 21.2. The lowest BCUT2D eigenvalue weighted by molar-refractivity contribution is 0.660. The number of hydrogen-bond acceptors (Lipinski definition) is 1. The Bertz CT molecular complexity index is 2890. The van der Waals surface area contributed by atoms with Crippen LogP contribution in [0.4, 0.5) is 17.1 Å². The number of nitrogens with zero attached hydrogens (tertiary/aromatic N) is 2. The SMILES string of the molecule is CCCC(C)c1ccc2c(c1)c1cc(C)ccc1n2-c1ccc2c(c1)C(C)(C)c1cc(N(c3ccc(-c4ccccc4)cc3)c3ccc(-c4ccccc4)cc3)ccc1-2. The molecule has 0 bridgehead atoms. The van der Waals surface area contributed by atoms with Crippen LogP contribution in [0.5, 0.6) is 0 Å². The quantitative estimate of drug-likeness (QED) is 0.142. The van der Waals surface area contributed by atoms with Crippen LogP contribution in [0.3, 0.4) is 0 Å². The average molecular weight is 763 g/mol. The van der Waals surface area contributed by atoms with E-state index in [-0.39, 0.29) is 5.41 Å². The minimum absolute atomic E-state index is 0.213. The third kappa shape index (κ3) is 6.35.